The Bertz CT molecular complexity index is 1090. The van der Waals surface area contributed by atoms with Gasteiger partial charge in [-0.15, -0.1) is 0 Å². The highest BCUT2D eigenvalue weighted by molar-refractivity contribution is 7.92. The van der Waals surface area contributed by atoms with Gasteiger partial charge in [0.1, 0.15) is 17.4 Å². The molecule has 0 amide bonds. The molecule has 3 heterocycles. The number of carbonyl (C=O) groups excluding carboxylic acids is 1. The second-order valence-electron chi connectivity index (χ2n) is 9.20. The third-order valence-corrected chi connectivity index (χ3v) is 7.54. The fraction of sp³-hybridized carbons (Fsp3) is 0.542. The van der Waals surface area contributed by atoms with Crippen LogP contribution in [0.2, 0.25) is 0 Å². The third-order valence-electron chi connectivity index (χ3n) is 6.04. The molecule has 0 aromatic carbocycles. The molecule has 2 aromatic rings. The number of ether oxygens (including phenoxy) is 1. The summed E-state index contributed by atoms with van der Waals surface area (Å²) >= 11 is 0. The van der Waals surface area contributed by atoms with Crippen molar-refractivity contribution >= 4 is 27.3 Å². The first-order valence-electron chi connectivity index (χ1n) is 11.3. The predicted octanol–water partition coefficient (Wildman–Crippen LogP) is 3.23. The molecule has 0 bridgehead atoms. The molecule has 33 heavy (non-hydrogen) atoms. The average molecular weight is 475 g/mol. The van der Waals surface area contributed by atoms with Crippen molar-refractivity contribution in [2.75, 3.05) is 48.9 Å². The van der Waals surface area contributed by atoms with Gasteiger partial charge in [-0.2, -0.15) is 0 Å². The van der Waals surface area contributed by atoms with Gasteiger partial charge < -0.3 is 14.5 Å². The van der Waals surface area contributed by atoms with Gasteiger partial charge in [0, 0.05) is 38.5 Å². The van der Waals surface area contributed by atoms with E-state index in [9.17, 15) is 13.2 Å². The summed E-state index contributed by atoms with van der Waals surface area (Å²) in [5.41, 5.74) is 0.165. The molecule has 0 saturated carbocycles. The Morgan fingerprint density at radius 2 is 2.03 bits per heavy atom. The summed E-state index contributed by atoms with van der Waals surface area (Å²) in [7, 11) is -2.32. The molecule has 1 saturated heterocycles. The largest absolute Gasteiger partial charge is 0.383 e. The SMILES string of the molecule is CCN(CCOC)c1cccc(S(=O)(=O)CC(=O)c2cccnc2N2CC(C)CC2(C)C)n1. The smallest absolute Gasteiger partial charge is 0.203 e. The Hall–Kier alpha value is -2.52. The van der Waals surface area contributed by atoms with E-state index >= 15 is 0 Å². The number of sulfone groups is 1. The summed E-state index contributed by atoms with van der Waals surface area (Å²) in [5.74, 6) is 0.409. The van der Waals surface area contributed by atoms with E-state index < -0.39 is 21.4 Å². The summed E-state index contributed by atoms with van der Waals surface area (Å²) in [5, 5.41) is -0.107. The number of carbonyl (C=O) groups is 1. The minimum absolute atomic E-state index is 0.107. The van der Waals surface area contributed by atoms with Crippen LogP contribution < -0.4 is 9.80 Å². The number of nitrogens with zero attached hydrogens (tertiary/aromatic N) is 4. The van der Waals surface area contributed by atoms with Gasteiger partial charge in [0.25, 0.3) is 0 Å². The first-order valence-corrected chi connectivity index (χ1v) is 12.9. The number of anilines is 2. The Morgan fingerprint density at radius 3 is 2.67 bits per heavy atom. The molecule has 3 rings (SSSR count). The molecule has 1 unspecified atom stereocenters. The van der Waals surface area contributed by atoms with Crippen LogP contribution in [0, 0.1) is 5.92 Å². The van der Waals surface area contributed by atoms with Gasteiger partial charge in [0.2, 0.25) is 9.84 Å². The Morgan fingerprint density at radius 1 is 1.27 bits per heavy atom. The summed E-state index contributed by atoms with van der Waals surface area (Å²) in [4.78, 5) is 26.1. The number of hydrogen-bond donors (Lipinski definition) is 0. The average Bonchev–Trinajstić information content (AvgIpc) is 3.06. The lowest BCUT2D eigenvalue weighted by Gasteiger charge is -2.33. The zero-order valence-electron chi connectivity index (χ0n) is 20.1. The predicted molar refractivity (Wildman–Crippen MR) is 130 cm³/mol. The second kappa shape index (κ2) is 10.2. The van der Waals surface area contributed by atoms with Crippen molar-refractivity contribution < 1.29 is 17.9 Å². The lowest BCUT2D eigenvalue weighted by Crippen LogP contribution is -2.40. The molecule has 180 valence electrons. The molecule has 0 radical (unpaired) electrons. The van der Waals surface area contributed by atoms with Crippen molar-refractivity contribution in [3.8, 4) is 0 Å². The molecule has 0 aliphatic carbocycles. The number of rotatable bonds is 10. The van der Waals surface area contributed by atoms with E-state index in [4.69, 9.17) is 4.74 Å². The number of ketones is 1. The molecule has 1 aliphatic heterocycles. The quantitative estimate of drug-likeness (QED) is 0.485. The van der Waals surface area contributed by atoms with Gasteiger partial charge >= 0.3 is 0 Å². The van der Waals surface area contributed by atoms with Gasteiger partial charge in [-0.05, 0) is 57.4 Å². The van der Waals surface area contributed by atoms with E-state index in [-0.39, 0.29) is 10.6 Å². The minimum Gasteiger partial charge on any atom is -0.383 e. The number of aromatic nitrogens is 2. The molecule has 1 aliphatic rings. The van der Waals surface area contributed by atoms with Crippen molar-refractivity contribution in [3.05, 3.63) is 42.1 Å². The van der Waals surface area contributed by atoms with Crippen LogP contribution in [0.5, 0.6) is 0 Å². The molecule has 8 nitrogen and oxygen atoms in total. The van der Waals surface area contributed by atoms with Crippen molar-refractivity contribution in [1.29, 1.82) is 0 Å². The maximum Gasteiger partial charge on any atom is 0.203 e. The van der Waals surface area contributed by atoms with E-state index in [0.29, 0.717) is 42.8 Å². The van der Waals surface area contributed by atoms with E-state index in [2.05, 4.69) is 35.6 Å². The van der Waals surface area contributed by atoms with E-state index in [0.717, 1.165) is 13.0 Å². The van der Waals surface area contributed by atoms with Crippen molar-refractivity contribution in [3.63, 3.8) is 0 Å². The fourth-order valence-corrected chi connectivity index (χ4v) is 5.67. The first-order chi connectivity index (χ1) is 15.6. The fourth-order valence-electron chi connectivity index (χ4n) is 4.50. The van der Waals surface area contributed by atoms with Crippen LogP contribution in [0.25, 0.3) is 0 Å². The van der Waals surface area contributed by atoms with Crippen molar-refractivity contribution in [2.45, 2.75) is 44.7 Å². The van der Waals surface area contributed by atoms with Crippen LogP contribution in [0.15, 0.2) is 41.6 Å². The Labute approximate surface area is 196 Å². The summed E-state index contributed by atoms with van der Waals surface area (Å²) in [6, 6.07) is 8.18. The van der Waals surface area contributed by atoms with Crippen LogP contribution in [-0.2, 0) is 14.6 Å². The maximum absolute atomic E-state index is 13.2. The second-order valence-corrected chi connectivity index (χ2v) is 11.1. The molecular formula is C24H34N4O4S. The van der Waals surface area contributed by atoms with E-state index in [1.54, 1.807) is 37.6 Å². The zero-order valence-corrected chi connectivity index (χ0v) is 20.9. The maximum atomic E-state index is 13.2. The van der Waals surface area contributed by atoms with Crippen LogP contribution >= 0.6 is 0 Å². The number of Topliss-reactive ketones (excluding diaryl/α,β-unsaturated/α-hetero) is 1. The summed E-state index contributed by atoms with van der Waals surface area (Å²) in [6.45, 7) is 10.9. The van der Waals surface area contributed by atoms with E-state index in [1.807, 2.05) is 11.8 Å². The van der Waals surface area contributed by atoms with Gasteiger partial charge in [0.05, 0.1) is 12.2 Å². The number of hydrogen-bond acceptors (Lipinski definition) is 8. The monoisotopic (exact) mass is 474 g/mol. The van der Waals surface area contributed by atoms with Gasteiger partial charge in [0.15, 0.2) is 10.8 Å². The molecule has 0 spiro atoms. The normalized spacial score (nSPS) is 17.8. The third kappa shape index (κ3) is 5.70. The minimum atomic E-state index is -3.94. The lowest BCUT2D eigenvalue weighted by atomic mass is 9.97. The molecule has 1 atom stereocenters. The number of methoxy groups -OCH3 is 1. The topological polar surface area (TPSA) is 92.7 Å². The van der Waals surface area contributed by atoms with Crippen molar-refractivity contribution in [2.24, 2.45) is 5.92 Å². The van der Waals surface area contributed by atoms with Gasteiger partial charge in [-0.1, -0.05) is 13.0 Å². The molecule has 2 aromatic heterocycles. The van der Waals surface area contributed by atoms with Crippen LogP contribution in [0.4, 0.5) is 11.6 Å². The molecular weight excluding hydrogens is 440 g/mol. The molecule has 9 heteroatoms. The highest BCUT2D eigenvalue weighted by Gasteiger charge is 2.39. The number of likely N-dealkylation sites (N-methyl/N-ethyl adjacent to an activating group) is 1. The standard InChI is InChI=1S/C24H34N4O4S/c1-6-27(13-14-32-5)21-10-7-11-22(26-21)33(30,31)17-20(29)19-9-8-12-25-23(19)28-16-18(2)15-24(28,3)4/h7-12,18H,6,13-17H2,1-5H3. The Kier molecular flexibility index (Phi) is 7.74. The molecule has 1 fully saturated rings. The summed E-state index contributed by atoms with van der Waals surface area (Å²) in [6.07, 6.45) is 2.62. The van der Waals surface area contributed by atoms with Crippen LogP contribution in [-0.4, -0.2) is 68.8 Å². The van der Waals surface area contributed by atoms with E-state index in [1.165, 1.54) is 6.07 Å². The highest BCUT2D eigenvalue weighted by Crippen LogP contribution is 2.37. The van der Waals surface area contributed by atoms with Crippen molar-refractivity contribution in [1.82, 2.24) is 9.97 Å². The highest BCUT2D eigenvalue weighted by atomic mass is 32.2. The Balaban J connectivity index is 1.86. The van der Waals surface area contributed by atoms with Gasteiger partial charge in [-0.3, -0.25) is 4.79 Å². The van der Waals surface area contributed by atoms with Gasteiger partial charge in [-0.25, -0.2) is 18.4 Å². The zero-order chi connectivity index (χ0) is 24.2. The number of pyridine rings is 2. The molecule has 0 N–H and O–H groups in total. The van der Waals surface area contributed by atoms with Crippen LogP contribution in [0.1, 0.15) is 44.5 Å². The lowest BCUT2D eigenvalue weighted by molar-refractivity contribution is 0.102. The first kappa shape index (κ1) is 25.1. The van der Waals surface area contributed by atoms with Crippen LogP contribution in [0.3, 0.4) is 0 Å². The summed E-state index contributed by atoms with van der Waals surface area (Å²) < 4.78 is 31.4.